The van der Waals surface area contributed by atoms with Crippen molar-refractivity contribution in [2.24, 2.45) is 0 Å². The molecule has 110 valence electrons. The van der Waals surface area contributed by atoms with Crippen LogP contribution in [0.1, 0.15) is 23.0 Å². The van der Waals surface area contributed by atoms with Crippen LogP contribution in [0.3, 0.4) is 0 Å². The third-order valence-electron chi connectivity index (χ3n) is 2.84. The van der Waals surface area contributed by atoms with Crippen LogP contribution in [0.25, 0.3) is 0 Å². The Bertz CT molecular complexity index is 604. The first kappa shape index (κ1) is 15.4. The average Bonchev–Trinajstić information content (AvgIpc) is 2.50. The molecule has 2 heterocycles. The highest BCUT2D eigenvalue weighted by Gasteiger charge is 2.12. The van der Waals surface area contributed by atoms with E-state index in [0.29, 0.717) is 30.9 Å². The Kier molecular flexibility index (Phi) is 5.68. The summed E-state index contributed by atoms with van der Waals surface area (Å²) in [7, 11) is 0. The van der Waals surface area contributed by atoms with Crippen molar-refractivity contribution in [3.05, 3.63) is 52.4 Å². The summed E-state index contributed by atoms with van der Waals surface area (Å²) < 4.78 is 0.777. The van der Waals surface area contributed by atoms with Crippen molar-refractivity contribution in [1.29, 1.82) is 0 Å². The second-order valence-corrected chi connectivity index (χ2v) is 5.32. The number of hydrogen-bond acceptors (Lipinski definition) is 4. The molecular formula is C15H17BrN4O. The van der Waals surface area contributed by atoms with Gasteiger partial charge < -0.3 is 10.6 Å². The molecule has 5 nitrogen and oxygen atoms in total. The molecule has 21 heavy (non-hydrogen) atoms. The number of aromatic nitrogens is 2. The number of nitrogens with one attached hydrogen (secondary N) is 2. The van der Waals surface area contributed by atoms with E-state index in [1.165, 1.54) is 0 Å². The van der Waals surface area contributed by atoms with Gasteiger partial charge in [-0.05, 0) is 41.1 Å². The lowest BCUT2D eigenvalue weighted by Crippen LogP contribution is -2.27. The molecule has 0 spiro atoms. The fraction of sp³-hybridized carbons (Fsp3) is 0.267. The quantitative estimate of drug-likeness (QED) is 0.842. The molecule has 1 amide bonds. The maximum Gasteiger partial charge on any atom is 0.255 e. The van der Waals surface area contributed by atoms with Crippen LogP contribution in [0.5, 0.6) is 0 Å². The Morgan fingerprint density at radius 2 is 2.19 bits per heavy atom. The first-order chi connectivity index (χ1) is 10.2. The predicted molar refractivity (Wildman–Crippen MR) is 86.4 cm³/mol. The molecule has 6 heteroatoms. The van der Waals surface area contributed by atoms with Crippen molar-refractivity contribution >= 4 is 27.7 Å². The van der Waals surface area contributed by atoms with Crippen molar-refractivity contribution < 1.29 is 4.79 Å². The molecule has 0 bridgehead atoms. The maximum atomic E-state index is 12.3. The normalized spacial score (nSPS) is 10.2. The molecule has 0 aliphatic heterocycles. The number of anilines is 1. The van der Waals surface area contributed by atoms with E-state index in [2.05, 4.69) is 36.5 Å². The zero-order valence-corrected chi connectivity index (χ0v) is 13.4. The third-order valence-corrected chi connectivity index (χ3v) is 3.27. The molecule has 0 unspecified atom stereocenters. The molecule has 0 aromatic carbocycles. The Morgan fingerprint density at radius 1 is 1.33 bits per heavy atom. The molecule has 2 rings (SSSR count). The van der Waals surface area contributed by atoms with E-state index >= 15 is 0 Å². The first-order valence-corrected chi connectivity index (χ1v) is 7.57. The van der Waals surface area contributed by atoms with Crippen LogP contribution in [-0.2, 0) is 6.42 Å². The van der Waals surface area contributed by atoms with Crippen LogP contribution in [0, 0.1) is 0 Å². The molecule has 0 atom stereocenters. The largest absolute Gasteiger partial charge is 0.370 e. The molecule has 0 saturated carbocycles. The standard InChI is InChI=1S/C15H17BrN4O/c1-2-17-14-13(9-11(16)10-20-14)15(21)19-8-6-12-5-3-4-7-18-12/h3-5,7,9-10H,2,6,8H2,1H3,(H,17,20)(H,19,21). The lowest BCUT2D eigenvalue weighted by atomic mass is 10.2. The molecule has 0 fully saturated rings. The summed E-state index contributed by atoms with van der Waals surface area (Å²) in [5.74, 6) is 0.451. The summed E-state index contributed by atoms with van der Waals surface area (Å²) in [5.41, 5.74) is 1.49. The zero-order valence-electron chi connectivity index (χ0n) is 11.8. The number of carbonyl (C=O) groups excluding carboxylic acids is 1. The van der Waals surface area contributed by atoms with Crippen molar-refractivity contribution in [3.63, 3.8) is 0 Å². The summed E-state index contributed by atoms with van der Waals surface area (Å²) in [4.78, 5) is 20.7. The maximum absolute atomic E-state index is 12.3. The first-order valence-electron chi connectivity index (χ1n) is 6.78. The second kappa shape index (κ2) is 7.73. The highest BCUT2D eigenvalue weighted by Crippen LogP contribution is 2.17. The van der Waals surface area contributed by atoms with Crippen LogP contribution in [0.2, 0.25) is 0 Å². The van der Waals surface area contributed by atoms with Crippen LogP contribution in [0.4, 0.5) is 5.82 Å². The summed E-state index contributed by atoms with van der Waals surface area (Å²) in [6.45, 7) is 3.21. The minimum atomic E-state index is -0.143. The van der Waals surface area contributed by atoms with Crippen molar-refractivity contribution in [2.45, 2.75) is 13.3 Å². The number of nitrogens with zero attached hydrogens (tertiary/aromatic N) is 2. The van der Waals surface area contributed by atoms with Gasteiger partial charge in [-0.15, -0.1) is 0 Å². The van der Waals surface area contributed by atoms with Crippen LogP contribution < -0.4 is 10.6 Å². The van der Waals surface area contributed by atoms with E-state index < -0.39 is 0 Å². The Balaban J connectivity index is 1.98. The topological polar surface area (TPSA) is 66.9 Å². The molecule has 2 aromatic heterocycles. The molecule has 0 radical (unpaired) electrons. The minimum Gasteiger partial charge on any atom is -0.370 e. The van der Waals surface area contributed by atoms with Gasteiger partial charge in [0.1, 0.15) is 5.82 Å². The van der Waals surface area contributed by atoms with E-state index in [1.54, 1.807) is 18.5 Å². The highest BCUT2D eigenvalue weighted by molar-refractivity contribution is 9.10. The minimum absolute atomic E-state index is 0.143. The summed E-state index contributed by atoms with van der Waals surface area (Å²) in [6.07, 6.45) is 4.12. The monoisotopic (exact) mass is 348 g/mol. The van der Waals surface area contributed by atoms with Gasteiger partial charge in [-0.1, -0.05) is 6.07 Å². The Morgan fingerprint density at radius 3 is 2.90 bits per heavy atom. The van der Waals surface area contributed by atoms with E-state index in [1.807, 2.05) is 25.1 Å². The fourth-order valence-electron chi connectivity index (χ4n) is 1.87. The fourth-order valence-corrected chi connectivity index (χ4v) is 2.20. The third kappa shape index (κ3) is 4.53. The molecule has 0 aliphatic carbocycles. The Hall–Kier alpha value is -1.95. The zero-order chi connectivity index (χ0) is 15.1. The van der Waals surface area contributed by atoms with Crippen LogP contribution >= 0.6 is 15.9 Å². The molecule has 2 aromatic rings. The predicted octanol–water partition coefficient (Wildman–Crippen LogP) is 2.64. The van der Waals surface area contributed by atoms with Gasteiger partial charge in [0.05, 0.1) is 5.56 Å². The molecule has 0 saturated heterocycles. The number of hydrogen-bond donors (Lipinski definition) is 2. The highest BCUT2D eigenvalue weighted by atomic mass is 79.9. The van der Waals surface area contributed by atoms with E-state index in [4.69, 9.17) is 0 Å². The Labute approximate surface area is 132 Å². The smallest absolute Gasteiger partial charge is 0.255 e. The van der Waals surface area contributed by atoms with Gasteiger partial charge in [-0.2, -0.15) is 0 Å². The van der Waals surface area contributed by atoms with Crippen molar-refractivity contribution in [2.75, 3.05) is 18.4 Å². The molecular weight excluding hydrogens is 332 g/mol. The number of carbonyl (C=O) groups is 1. The van der Waals surface area contributed by atoms with Gasteiger partial charge in [-0.3, -0.25) is 9.78 Å². The summed E-state index contributed by atoms with van der Waals surface area (Å²) >= 11 is 3.34. The van der Waals surface area contributed by atoms with Crippen molar-refractivity contribution in [1.82, 2.24) is 15.3 Å². The van der Waals surface area contributed by atoms with E-state index in [-0.39, 0.29) is 5.91 Å². The van der Waals surface area contributed by atoms with Gasteiger partial charge in [0.15, 0.2) is 0 Å². The van der Waals surface area contributed by atoms with Gasteiger partial charge in [0.25, 0.3) is 5.91 Å². The average molecular weight is 349 g/mol. The van der Waals surface area contributed by atoms with E-state index in [0.717, 1.165) is 10.2 Å². The molecule has 2 N–H and O–H groups in total. The van der Waals surface area contributed by atoms with E-state index in [9.17, 15) is 4.79 Å². The van der Waals surface area contributed by atoms with Gasteiger partial charge in [-0.25, -0.2) is 4.98 Å². The van der Waals surface area contributed by atoms with Gasteiger partial charge in [0, 0.05) is 42.1 Å². The number of amides is 1. The van der Waals surface area contributed by atoms with Gasteiger partial charge >= 0.3 is 0 Å². The lowest BCUT2D eigenvalue weighted by Gasteiger charge is -2.10. The summed E-state index contributed by atoms with van der Waals surface area (Å²) in [6, 6.07) is 7.52. The second-order valence-electron chi connectivity index (χ2n) is 4.41. The number of rotatable bonds is 6. The lowest BCUT2D eigenvalue weighted by molar-refractivity contribution is 0.0954. The van der Waals surface area contributed by atoms with Crippen LogP contribution in [-0.4, -0.2) is 29.0 Å². The SMILES string of the molecule is CCNc1ncc(Br)cc1C(=O)NCCc1ccccn1. The number of halogens is 1. The number of pyridine rings is 2. The van der Waals surface area contributed by atoms with Crippen molar-refractivity contribution in [3.8, 4) is 0 Å². The van der Waals surface area contributed by atoms with Gasteiger partial charge in [0.2, 0.25) is 0 Å². The summed E-state index contributed by atoms with van der Waals surface area (Å²) in [5, 5.41) is 5.98. The molecule has 0 aliphatic rings. The van der Waals surface area contributed by atoms with Crippen LogP contribution in [0.15, 0.2) is 41.1 Å².